The molecule has 5 nitrogen and oxygen atoms in total. The Labute approximate surface area is 164 Å². The summed E-state index contributed by atoms with van der Waals surface area (Å²) in [6, 6.07) is 7.85. The van der Waals surface area contributed by atoms with E-state index >= 15 is 0 Å². The van der Waals surface area contributed by atoms with Gasteiger partial charge < -0.3 is 10.5 Å². The Balaban J connectivity index is 1.83. The Kier molecular flexibility index (Phi) is 5.45. The summed E-state index contributed by atoms with van der Waals surface area (Å²) in [4.78, 5) is 20.6. The molecule has 1 aromatic carbocycles. The predicted molar refractivity (Wildman–Crippen MR) is 98.5 cm³/mol. The van der Waals surface area contributed by atoms with Crippen LogP contribution in [0.1, 0.15) is 34.1 Å². The van der Waals surface area contributed by atoms with Crippen molar-refractivity contribution in [3.63, 3.8) is 0 Å². The van der Waals surface area contributed by atoms with Crippen molar-refractivity contribution >= 4 is 23.2 Å². The maximum Gasteiger partial charge on any atom is 0.417 e. The van der Waals surface area contributed by atoms with Crippen LogP contribution in [0.25, 0.3) is 0 Å². The second kappa shape index (κ2) is 7.52. The number of aliphatic imine (C=N–C) groups is 1. The van der Waals surface area contributed by atoms with E-state index in [1.165, 1.54) is 0 Å². The number of hydrogen-bond acceptors (Lipinski definition) is 5. The SMILES string of the molecule is CC1(c2cccc(CC(=O)c3ncc(C(F)(F)F)cc3Cl)c2)COCC(N)=N1. The van der Waals surface area contributed by atoms with Crippen LogP contribution in [0.4, 0.5) is 13.2 Å². The van der Waals surface area contributed by atoms with E-state index < -0.39 is 23.1 Å². The Hall–Kier alpha value is -2.45. The highest BCUT2D eigenvalue weighted by molar-refractivity contribution is 6.33. The van der Waals surface area contributed by atoms with Gasteiger partial charge in [0.25, 0.3) is 0 Å². The number of rotatable bonds is 4. The Morgan fingerprint density at radius 2 is 2.11 bits per heavy atom. The molecule has 2 N–H and O–H groups in total. The Morgan fingerprint density at radius 1 is 1.36 bits per heavy atom. The van der Waals surface area contributed by atoms with E-state index in [1.807, 2.05) is 13.0 Å². The smallest absolute Gasteiger partial charge is 0.386 e. The van der Waals surface area contributed by atoms with E-state index in [2.05, 4.69) is 9.98 Å². The van der Waals surface area contributed by atoms with Gasteiger partial charge in [-0.15, -0.1) is 0 Å². The second-order valence-corrected chi connectivity index (χ2v) is 7.13. The zero-order valence-corrected chi connectivity index (χ0v) is 15.6. The molecular weight excluding hydrogens is 395 g/mol. The number of halogens is 4. The maximum absolute atomic E-state index is 12.7. The molecular formula is C19H17ClF3N3O2. The number of amidine groups is 1. The van der Waals surface area contributed by atoms with Gasteiger partial charge in [-0.05, 0) is 24.1 Å². The third kappa shape index (κ3) is 4.34. The largest absolute Gasteiger partial charge is 0.417 e. The quantitative estimate of drug-likeness (QED) is 0.777. The number of ketones is 1. The first-order chi connectivity index (χ1) is 13.1. The Bertz CT molecular complexity index is 946. The zero-order chi connectivity index (χ0) is 20.5. The molecule has 0 amide bonds. The van der Waals surface area contributed by atoms with Crippen LogP contribution in [0.15, 0.2) is 41.5 Å². The monoisotopic (exact) mass is 411 g/mol. The van der Waals surface area contributed by atoms with Crippen LogP contribution >= 0.6 is 11.6 Å². The van der Waals surface area contributed by atoms with Crippen molar-refractivity contribution in [3.8, 4) is 0 Å². The van der Waals surface area contributed by atoms with Crippen LogP contribution in [-0.4, -0.2) is 29.8 Å². The highest BCUT2D eigenvalue weighted by atomic mass is 35.5. The number of nitrogens with zero attached hydrogens (tertiary/aromatic N) is 2. The molecule has 1 atom stereocenters. The molecule has 1 unspecified atom stereocenters. The molecule has 0 spiro atoms. The molecule has 0 aliphatic carbocycles. The van der Waals surface area contributed by atoms with E-state index in [0.717, 1.165) is 5.56 Å². The molecule has 28 heavy (non-hydrogen) atoms. The molecule has 3 rings (SSSR count). The lowest BCUT2D eigenvalue weighted by Gasteiger charge is -2.30. The summed E-state index contributed by atoms with van der Waals surface area (Å²) in [6.07, 6.45) is -4.04. The number of alkyl halides is 3. The van der Waals surface area contributed by atoms with Gasteiger partial charge in [0.05, 0.1) is 17.2 Å². The number of nitrogens with two attached hydrogens (primary N) is 1. The predicted octanol–water partition coefficient (Wildman–Crippen LogP) is 3.78. The lowest BCUT2D eigenvalue weighted by Crippen LogP contribution is -2.37. The van der Waals surface area contributed by atoms with Crippen molar-refractivity contribution in [1.29, 1.82) is 0 Å². The molecule has 2 heterocycles. The molecule has 0 radical (unpaired) electrons. The van der Waals surface area contributed by atoms with Crippen molar-refractivity contribution in [2.45, 2.75) is 25.1 Å². The minimum atomic E-state index is -4.58. The average molecular weight is 412 g/mol. The molecule has 9 heteroatoms. The van der Waals surface area contributed by atoms with Crippen molar-refractivity contribution in [3.05, 3.63) is 63.9 Å². The molecule has 0 saturated carbocycles. The van der Waals surface area contributed by atoms with Gasteiger partial charge in [-0.2, -0.15) is 13.2 Å². The van der Waals surface area contributed by atoms with E-state index in [9.17, 15) is 18.0 Å². The van der Waals surface area contributed by atoms with E-state index in [0.29, 0.717) is 30.3 Å². The topological polar surface area (TPSA) is 77.6 Å². The van der Waals surface area contributed by atoms with Gasteiger partial charge in [0.15, 0.2) is 5.78 Å². The van der Waals surface area contributed by atoms with Gasteiger partial charge in [0, 0.05) is 12.6 Å². The third-order valence-electron chi connectivity index (χ3n) is 4.37. The van der Waals surface area contributed by atoms with Crippen molar-refractivity contribution < 1.29 is 22.7 Å². The number of carbonyl (C=O) groups is 1. The average Bonchev–Trinajstić information content (AvgIpc) is 2.61. The molecule has 0 fully saturated rings. The molecule has 2 aromatic rings. The second-order valence-electron chi connectivity index (χ2n) is 6.72. The lowest BCUT2D eigenvalue weighted by molar-refractivity contribution is -0.137. The van der Waals surface area contributed by atoms with Gasteiger partial charge in [-0.3, -0.25) is 14.8 Å². The molecule has 1 aliphatic heterocycles. The van der Waals surface area contributed by atoms with Gasteiger partial charge >= 0.3 is 6.18 Å². The highest BCUT2D eigenvalue weighted by Crippen LogP contribution is 2.32. The van der Waals surface area contributed by atoms with Crippen LogP contribution in [-0.2, 0) is 22.9 Å². The van der Waals surface area contributed by atoms with Gasteiger partial charge in [0.2, 0.25) is 0 Å². The van der Waals surface area contributed by atoms with Crippen LogP contribution < -0.4 is 5.73 Å². The molecule has 0 bridgehead atoms. The fourth-order valence-electron chi connectivity index (χ4n) is 2.97. The molecule has 0 saturated heterocycles. The van der Waals surface area contributed by atoms with Crippen LogP contribution in [0.2, 0.25) is 5.02 Å². The molecule has 148 valence electrons. The fourth-order valence-corrected chi connectivity index (χ4v) is 3.24. The van der Waals surface area contributed by atoms with Crippen molar-refractivity contribution in [2.24, 2.45) is 10.7 Å². The van der Waals surface area contributed by atoms with Crippen molar-refractivity contribution in [2.75, 3.05) is 13.2 Å². The molecule has 1 aromatic heterocycles. The van der Waals surface area contributed by atoms with E-state index in [4.69, 9.17) is 22.1 Å². The number of carbonyl (C=O) groups excluding carboxylic acids is 1. The minimum absolute atomic E-state index is 0.0674. The first kappa shape index (κ1) is 20.3. The summed E-state index contributed by atoms with van der Waals surface area (Å²) < 4.78 is 43.6. The van der Waals surface area contributed by atoms with Gasteiger partial charge in [-0.1, -0.05) is 35.9 Å². The number of aromatic nitrogens is 1. The van der Waals surface area contributed by atoms with E-state index in [-0.39, 0.29) is 23.7 Å². The number of Topliss-reactive ketones (excluding diaryl/α,β-unsaturated/α-hetero) is 1. The number of ether oxygens (including phenoxy) is 1. The van der Waals surface area contributed by atoms with Crippen LogP contribution in [0.5, 0.6) is 0 Å². The summed E-state index contributed by atoms with van der Waals surface area (Å²) >= 11 is 5.86. The third-order valence-corrected chi connectivity index (χ3v) is 4.66. The minimum Gasteiger partial charge on any atom is -0.386 e. The summed E-state index contributed by atoms with van der Waals surface area (Å²) in [5.41, 5.74) is 5.36. The van der Waals surface area contributed by atoms with Gasteiger partial charge in [-0.25, -0.2) is 0 Å². The Morgan fingerprint density at radius 3 is 2.75 bits per heavy atom. The summed E-state index contributed by atoms with van der Waals surface area (Å²) in [7, 11) is 0. The first-order valence-electron chi connectivity index (χ1n) is 8.36. The summed E-state index contributed by atoms with van der Waals surface area (Å²) in [6.45, 7) is 2.48. The number of hydrogen-bond donors (Lipinski definition) is 1. The maximum atomic E-state index is 12.7. The van der Waals surface area contributed by atoms with Crippen LogP contribution in [0.3, 0.4) is 0 Å². The molecule has 1 aliphatic rings. The van der Waals surface area contributed by atoms with E-state index in [1.54, 1.807) is 18.2 Å². The number of benzene rings is 1. The lowest BCUT2D eigenvalue weighted by atomic mass is 9.90. The highest BCUT2D eigenvalue weighted by Gasteiger charge is 2.32. The van der Waals surface area contributed by atoms with Crippen LogP contribution in [0, 0.1) is 0 Å². The standard InChI is InChI=1S/C19H17ClF3N3O2/c1-18(10-28-9-16(24)26-18)12-4-2-3-11(5-12)6-15(27)17-14(20)7-13(8-25-17)19(21,22)23/h2-5,7-8H,6,9-10H2,1H3,(H2,24,26). The number of pyridine rings is 1. The normalized spacial score (nSPS) is 20.0. The van der Waals surface area contributed by atoms with Crippen molar-refractivity contribution in [1.82, 2.24) is 4.98 Å². The van der Waals surface area contributed by atoms with Gasteiger partial charge in [0.1, 0.15) is 23.7 Å². The summed E-state index contributed by atoms with van der Waals surface area (Å²) in [5, 5.41) is -0.332. The zero-order valence-electron chi connectivity index (χ0n) is 14.9. The summed E-state index contributed by atoms with van der Waals surface area (Å²) in [5.74, 6) is -0.0973. The fraction of sp³-hybridized carbons (Fsp3) is 0.316. The first-order valence-corrected chi connectivity index (χ1v) is 8.73.